The van der Waals surface area contributed by atoms with Crippen molar-refractivity contribution < 1.29 is 0 Å². The van der Waals surface area contributed by atoms with Crippen molar-refractivity contribution in [2.24, 2.45) is 0 Å². The third kappa shape index (κ3) is 4.27. The van der Waals surface area contributed by atoms with Crippen LogP contribution in [0.15, 0.2) is 121 Å². The summed E-state index contributed by atoms with van der Waals surface area (Å²) in [6, 6.07) is 36.4. The molecule has 0 spiro atoms. The van der Waals surface area contributed by atoms with Gasteiger partial charge in [-0.3, -0.25) is 0 Å². The van der Waals surface area contributed by atoms with E-state index in [1.807, 2.05) is 72.8 Å². The molecule has 4 aromatic carbocycles. The van der Waals surface area contributed by atoms with Crippen LogP contribution in [0.2, 0.25) is 0 Å². The van der Waals surface area contributed by atoms with Gasteiger partial charge in [0.05, 0.1) is 12.1 Å². The minimum Gasteiger partial charge on any atom is -0.0737 e. The van der Waals surface area contributed by atoms with E-state index in [0.717, 1.165) is 21.2 Å². The highest BCUT2D eigenvalue weighted by Gasteiger charge is 2.23. The van der Waals surface area contributed by atoms with E-state index in [0.29, 0.717) is 0 Å². The number of rotatable bonds is 4. The monoisotopic (exact) mass is 458 g/mol. The molecule has 0 aliphatic heterocycles. The molecule has 4 rings (SSSR count). The van der Waals surface area contributed by atoms with Gasteiger partial charge in [0.15, 0.2) is 0 Å². The van der Waals surface area contributed by atoms with E-state index in [1.165, 1.54) is 0 Å². The fourth-order valence-corrected chi connectivity index (χ4v) is 10.1. The lowest BCUT2D eigenvalue weighted by atomic mass is 10.4. The molecular formula is C26H20P2S2. The maximum absolute atomic E-state index is 6.31. The second-order valence-electron chi connectivity index (χ2n) is 6.78. The Morgan fingerprint density at radius 3 is 0.767 bits per heavy atom. The maximum atomic E-state index is 6.31. The van der Waals surface area contributed by atoms with E-state index < -0.39 is 12.1 Å². The van der Waals surface area contributed by atoms with Crippen molar-refractivity contribution in [2.75, 3.05) is 0 Å². The Labute approximate surface area is 189 Å². The first-order valence-electron chi connectivity index (χ1n) is 9.60. The van der Waals surface area contributed by atoms with Gasteiger partial charge in [-0.2, -0.15) is 0 Å². The average Bonchev–Trinajstić information content (AvgIpc) is 2.84. The number of hydrogen-bond acceptors (Lipinski definition) is 2. The Kier molecular flexibility index (Phi) is 6.48. The van der Waals surface area contributed by atoms with E-state index in [-0.39, 0.29) is 0 Å². The van der Waals surface area contributed by atoms with Crippen molar-refractivity contribution in [3.63, 3.8) is 0 Å². The summed E-state index contributed by atoms with van der Waals surface area (Å²) in [5.41, 5.74) is 7.17. The van der Waals surface area contributed by atoms with Crippen LogP contribution >= 0.6 is 12.1 Å². The molecule has 0 aliphatic carbocycles. The largest absolute Gasteiger partial charge is 0.0782 e. The van der Waals surface area contributed by atoms with Crippen molar-refractivity contribution in [3.05, 3.63) is 121 Å². The summed E-state index contributed by atoms with van der Waals surface area (Å²) < 4.78 is 0. The Bertz CT molecular complexity index is 1090. The van der Waals surface area contributed by atoms with Gasteiger partial charge in [0.25, 0.3) is 0 Å². The summed E-state index contributed by atoms with van der Waals surface area (Å²) >= 11 is 12.6. The van der Waals surface area contributed by atoms with Crippen LogP contribution in [-0.4, -0.2) is 0 Å². The minimum absolute atomic E-state index is 1.10. The van der Waals surface area contributed by atoms with Gasteiger partial charge in [-0.05, 0) is 0 Å². The van der Waals surface area contributed by atoms with Crippen molar-refractivity contribution in [2.45, 2.75) is 0 Å². The summed E-state index contributed by atoms with van der Waals surface area (Å²) in [6.45, 7) is 0. The summed E-state index contributed by atoms with van der Waals surface area (Å²) in [5, 5.41) is 4.39. The second-order valence-corrected chi connectivity index (χ2v) is 15.0. The first kappa shape index (κ1) is 21.0. The molecule has 0 fully saturated rings. The topological polar surface area (TPSA) is 0 Å². The van der Waals surface area contributed by atoms with Gasteiger partial charge >= 0.3 is 0 Å². The van der Waals surface area contributed by atoms with E-state index in [2.05, 4.69) is 59.9 Å². The van der Waals surface area contributed by atoms with Crippen molar-refractivity contribution in [3.8, 4) is 11.3 Å². The van der Waals surface area contributed by atoms with Gasteiger partial charge in [-0.15, -0.1) is 0 Å². The van der Waals surface area contributed by atoms with E-state index >= 15 is 0 Å². The van der Waals surface area contributed by atoms with Crippen LogP contribution in [0, 0.1) is 11.3 Å². The predicted molar refractivity (Wildman–Crippen MR) is 141 cm³/mol. The van der Waals surface area contributed by atoms with Crippen molar-refractivity contribution >= 4 is 56.9 Å². The van der Waals surface area contributed by atoms with Gasteiger partial charge < -0.3 is 0 Å². The molecule has 0 aromatic heterocycles. The van der Waals surface area contributed by atoms with Gasteiger partial charge in [0.1, 0.15) is 0 Å². The first-order valence-corrected chi connectivity index (χ1v) is 15.2. The molecule has 0 heterocycles. The average molecular weight is 459 g/mol. The molecule has 0 saturated heterocycles. The zero-order valence-corrected chi connectivity index (χ0v) is 19.7. The normalized spacial score (nSPS) is 11.3. The quantitative estimate of drug-likeness (QED) is 0.306. The number of benzene rings is 4. The van der Waals surface area contributed by atoms with Crippen LogP contribution in [0.5, 0.6) is 0 Å². The zero-order valence-electron chi connectivity index (χ0n) is 16.3. The van der Waals surface area contributed by atoms with Crippen LogP contribution in [0.3, 0.4) is 0 Å². The van der Waals surface area contributed by atoms with Crippen LogP contribution in [0.1, 0.15) is 0 Å². The molecule has 0 N–H and O–H groups in total. The molecule has 146 valence electrons. The number of hydrogen-bond donors (Lipinski definition) is 0. The fourth-order valence-electron chi connectivity index (χ4n) is 3.25. The molecule has 0 unspecified atom stereocenters. The van der Waals surface area contributed by atoms with E-state index in [9.17, 15) is 0 Å². The molecule has 0 saturated carbocycles. The molecule has 0 bridgehead atoms. The SMILES string of the molecule is S=P(C#CP(=S)(c1ccccc1)c1ccccc1)(c1ccccc1)c1ccccc1. The maximum Gasteiger partial charge on any atom is 0.0782 e. The highest BCUT2D eigenvalue weighted by atomic mass is 32.4. The Morgan fingerprint density at radius 1 is 0.367 bits per heavy atom. The predicted octanol–water partition coefficient (Wildman–Crippen LogP) is 5.17. The molecule has 30 heavy (non-hydrogen) atoms. The standard InChI is InChI=1S/C26H20P2S2/c29-27(23-13-5-1-6-14-23,24-15-7-2-8-16-24)21-22-28(30,25-17-9-3-10-18-25)26-19-11-4-12-20-26/h1-20H. The fraction of sp³-hybridized carbons (Fsp3) is 0. The Balaban J connectivity index is 1.94. The lowest BCUT2D eigenvalue weighted by Crippen LogP contribution is -2.16. The van der Waals surface area contributed by atoms with Gasteiger partial charge in [0.2, 0.25) is 0 Å². The van der Waals surface area contributed by atoms with Crippen LogP contribution in [-0.2, 0) is 23.6 Å². The Morgan fingerprint density at radius 2 is 0.567 bits per heavy atom. The summed E-state index contributed by atoms with van der Waals surface area (Å²) in [6.07, 6.45) is 0. The molecule has 0 aliphatic rings. The zero-order chi connectivity index (χ0) is 20.9. The van der Waals surface area contributed by atoms with Gasteiger partial charge in [-0.1, -0.05) is 156 Å². The summed E-state index contributed by atoms with van der Waals surface area (Å²) in [5.74, 6) is 0. The van der Waals surface area contributed by atoms with Crippen LogP contribution in [0.25, 0.3) is 0 Å². The minimum atomic E-state index is -2.33. The highest BCUT2D eigenvalue weighted by molar-refractivity contribution is 8.26. The van der Waals surface area contributed by atoms with E-state index in [1.54, 1.807) is 0 Å². The van der Waals surface area contributed by atoms with Crippen LogP contribution in [0.4, 0.5) is 0 Å². The molecule has 0 radical (unpaired) electrons. The highest BCUT2D eigenvalue weighted by Crippen LogP contribution is 2.47. The third-order valence-corrected chi connectivity index (χ3v) is 13.1. The van der Waals surface area contributed by atoms with Crippen molar-refractivity contribution in [1.82, 2.24) is 0 Å². The van der Waals surface area contributed by atoms with Gasteiger partial charge in [0, 0.05) is 21.2 Å². The lowest BCUT2D eigenvalue weighted by molar-refractivity contribution is 1.75. The molecule has 0 amide bonds. The molecule has 4 aromatic rings. The molecule has 0 nitrogen and oxygen atoms in total. The summed E-state index contributed by atoms with van der Waals surface area (Å²) in [4.78, 5) is 0. The van der Waals surface area contributed by atoms with E-state index in [4.69, 9.17) is 23.6 Å². The molecule has 4 heteroatoms. The second kappa shape index (κ2) is 9.26. The van der Waals surface area contributed by atoms with Gasteiger partial charge in [-0.25, -0.2) is 0 Å². The van der Waals surface area contributed by atoms with Crippen molar-refractivity contribution in [1.29, 1.82) is 0 Å². The third-order valence-electron chi connectivity index (χ3n) is 4.84. The molecule has 0 atom stereocenters. The first-order chi connectivity index (χ1) is 14.6. The summed E-state index contributed by atoms with van der Waals surface area (Å²) in [7, 11) is 0. The lowest BCUT2D eigenvalue weighted by Gasteiger charge is -2.20. The smallest absolute Gasteiger partial charge is 0.0737 e. The Hall–Kier alpha value is -2.26. The van der Waals surface area contributed by atoms with Crippen LogP contribution < -0.4 is 21.2 Å². The molecular weight excluding hydrogens is 438 g/mol.